The molecule has 0 radical (unpaired) electrons. The molecule has 1 heterocycles. The van der Waals surface area contributed by atoms with E-state index in [1.54, 1.807) is 6.07 Å². The van der Waals surface area contributed by atoms with Crippen LogP contribution in [-0.4, -0.2) is 39.1 Å². The highest BCUT2D eigenvalue weighted by Crippen LogP contribution is 2.43. The van der Waals surface area contributed by atoms with E-state index in [1.807, 2.05) is 69.3 Å². The summed E-state index contributed by atoms with van der Waals surface area (Å²) >= 11 is 6.32. The maximum atomic E-state index is 13.1. The van der Waals surface area contributed by atoms with Gasteiger partial charge in [0.05, 0.1) is 11.7 Å². The van der Waals surface area contributed by atoms with Gasteiger partial charge < -0.3 is 15.2 Å². The summed E-state index contributed by atoms with van der Waals surface area (Å²) in [5, 5.41) is 17.8. The number of benzene rings is 2. The van der Waals surface area contributed by atoms with Crippen molar-refractivity contribution in [2.45, 2.75) is 63.5 Å². The number of carbonyl (C=O) groups is 2. The van der Waals surface area contributed by atoms with Gasteiger partial charge in [-0.3, -0.25) is 4.79 Å². The van der Waals surface area contributed by atoms with Crippen molar-refractivity contribution in [1.29, 1.82) is 0 Å². The fourth-order valence-electron chi connectivity index (χ4n) is 5.00. The number of carbonyl (C=O) groups excluding carboxylic acids is 1. The molecule has 1 fully saturated rings. The second-order valence-corrected chi connectivity index (χ2v) is 11.2. The van der Waals surface area contributed by atoms with E-state index < -0.39 is 28.6 Å². The van der Waals surface area contributed by atoms with E-state index in [1.165, 1.54) is 10.7 Å². The molecule has 9 heteroatoms. The number of alkyl carbamates (subject to hydrolysis) is 1. The standard InChI is InChI=1S/C29H32ClN3O5/c1-28(2,3)38-27(37)31-18-29(20-10-7-11-21(30)16-20)14-12-22(13-15-29)33-25(34)23(26(35)36)17-24(32-33)19-8-5-4-6-9-19/h4-11,16-17,22H,12-15,18H2,1-3H3,(H,31,37)(H,35,36)/t22-,29+. The highest BCUT2D eigenvalue weighted by atomic mass is 35.5. The summed E-state index contributed by atoms with van der Waals surface area (Å²) in [5.41, 5.74) is 0.165. The largest absolute Gasteiger partial charge is 0.477 e. The number of rotatable bonds is 6. The molecule has 0 spiro atoms. The SMILES string of the molecule is CC(C)(C)OC(=O)NC[C@]1(c2cccc(Cl)c2)CC[C@@H](n2nc(-c3ccccc3)cc(C(=O)O)c2=O)CC1. The minimum atomic E-state index is -1.28. The summed E-state index contributed by atoms with van der Waals surface area (Å²) < 4.78 is 6.77. The van der Waals surface area contributed by atoms with Crippen molar-refractivity contribution in [2.75, 3.05) is 6.54 Å². The van der Waals surface area contributed by atoms with Gasteiger partial charge in [0.1, 0.15) is 11.2 Å². The molecule has 0 unspecified atom stereocenters. The molecule has 4 rings (SSSR count). The normalized spacial score (nSPS) is 19.5. The summed E-state index contributed by atoms with van der Waals surface area (Å²) in [4.78, 5) is 37.5. The van der Waals surface area contributed by atoms with Crippen molar-refractivity contribution >= 4 is 23.7 Å². The van der Waals surface area contributed by atoms with Crippen LogP contribution in [0.3, 0.4) is 0 Å². The number of nitrogens with one attached hydrogen (secondary N) is 1. The van der Waals surface area contributed by atoms with Crippen molar-refractivity contribution < 1.29 is 19.4 Å². The molecule has 3 aromatic rings. The Morgan fingerprint density at radius 1 is 1.11 bits per heavy atom. The van der Waals surface area contributed by atoms with Crippen LogP contribution in [0.15, 0.2) is 65.5 Å². The van der Waals surface area contributed by atoms with Gasteiger partial charge in [0.15, 0.2) is 0 Å². The number of ether oxygens (including phenoxy) is 1. The molecule has 0 saturated heterocycles. The number of carboxylic acid groups (broad SMARTS) is 1. The first-order chi connectivity index (χ1) is 18.0. The van der Waals surface area contributed by atoms with Crippen LogP contribution in [0.25, 0.3) is 11.3 Å². The summed E-state index contributed by atoms with van der Waals surface area (Å²) in [5.74, 6) is -1.28. The van der Waals surface area contributed by atoms with E-state index in [-0.39, 0.29) is 11.6 Å². The zero-order chi connectivity index (χ0) is 27.5. The van der Waals surface area contributed by atoms with Gasteiger partial charge in [-0.2, -0.15) is 5.10 Å². The maximum Gasteiger partial charge on any atom is 0.407 e. The monoisotopic (exact) mass is 537 g/mol. The van der Waals surface area contributed by atoms with Crippen molar-refractivity contribution in [3.8, 4) is 11.3 Å². The van der Waals surface area contributed by atoms with E-state index in [0.29, 0.717) is 42.9 Å². The molecule has 1 aliphatic rings. The van der Waals surface area contributed by atoms with Crippen LogP contribution in [-0.2, 0) is 10.2 Å². The summed E-state index contributed by atoms with van der Waals surface area (Å²) in [6.45, 7) is 5.76. The van der Waals surface area contributed by atoms with Crippen LogP contribution < -0.4 is 10.9 Å². The van der Waals surface area contributed by atoms with Crippen molar-refractivity contribution in [3.63, 3.8) is 0 Å². The molecule has 0 aliphatic heterocycles. The summed E-state index contributed by atoms with van der Waals surface area (Å²) in [6.07, 6.45) is 1.87. The first-order valence-corrected chi connectivity index (χ1v) is 13.0. The third kappa shape index (κ3) is 6.25. The Labute approximate surface area is 226 Å². The second-order valence-electron chi connectivity index (χ2n) is 10.7. The van der Waals surface area contributed by atoms with Crippen LogP contribution >= 0.6 is 11.6 Å². The minimum Gasteiger partial charge on any atom is -0.477 e. The molecule has 8 nitrogen and oxygen atoms in total. The summed E-state index contributed by atoms with van der Waals surface area (Å²) in [6, 6.07) is 17.8. The fraction of sp³-hybridized carbons (Fsp3) is 0.379. The number of nitrogens with zero attached hydrogens (tertiary/aromatic N) is 2. The Morgan fingerprint density at radius 3 is 2.39 bits per heavy atom. The number of halogens is 1. The smallest absolute Gasteiger partial charge is 0.407 e. The molecule has 1 saturated carbocycles. The van der Waals surface area contributed by atoms with Crippen LogP contribution in [0.2, 0.25) is 5.02 Å². The highest BCUT2D eigenvalue weighted by Gasteiger charge is 2.39. The third-order valence-corrected chi connectivity index (χ3v) is 7.14. The van der Waals surface area contributed by atoms with Crippen molar-refractivity contribution in [3.05, 3.63) is 87.2 Å². The Hall–Kier alpha value is -3.65. The lowest BCUT2D eigenvalue weighted by atomic mass is 9.68. The lowest BCUT2D eigenvalue weighted by Gasteiger charge is -2.41. The number of aromatic carboxylic acids is 1. The Kier molecular flexibility index (Phi) is 7.92. The molecular formula is C29H32ClN3O5. The van der Waals surface area contributed by atoms with E-state index >= 15 is 0 Å². The van der Waals surface area contributed by atoms with Gasteiger partial charge in [0, 0.05) is 22.5 Å². The Bertz CT molecular complexity index is 1370. The Morgan fingerprint density at radius 2 is 1.79 bits per heavy atom. The minimum absolute atomic E-state index is 0.293. The zero-order valence-electron chi connectivity index (χ0n) is 21.7. The predicted molar refractivity (Wildman–Crippen MR) is 146 cm³/mol. The van der Waals surface area contributed by atoms with Crippen molar-refractivity contribution in [2.24, 2.45) is 0 Å². The van der Waals surface area contributed by atoms with Crippen LogP contribution in [0.1, 0.15) is 68.4 Å². The second kappa shape index (κ2) is 11.0. The molecular weight excluding hydrogens is 506 g/mol. The van der Waals surface area contributed by atoms with E-state index in [9.17, 15) is 19.5 Å². The van der Waals surface area contributed by atoms with Gasteiger partial charge >= 0.3 is 12.1 Å². The van der Waals surface area contributed by atoms with Gasteiger partial charge in [0.25, 0.3) is 5.56 Å². The van der Waals surface area contributed by atoms with Gasteiger partial charge in [-0.15, -0.1) is 0 Å². The van der Waals surface area contributed by atoms with Crippen molar-refractivity contribution in [1.82, 2.24) is 15.1 Å². The molecule has 38 heavy (non-hydrogen) atoms. The number of hydrogen-bond donors (Lipinski definition) is 2. The topological polar surface area (TPSA) is 111 Å². The molecule has 1 aliphatic carbocycles. The molecule has 200 valence electrons. The quantitative estimate of drug-likeness (QED) is 0.408. The molecule has 1 aromatic heterocycles. The highest BCUT2D eigenvalue weighted by molar-refractivity contribution is 6.30. The van der Waals surface area contributed by atoms with Gasteiger partial charge in [-0.25, -0.2) is 14.3 Å². The fourth-order valence-corrected chi connectivity index (χ4v) is 5.19. The third-order valence-electron chi connectivity index (χ3n) is 6.90. The Balaban J connectivity index is 1.64. The number of amides is 1. The molecule has 1 amide bonds. The number of aromatic nitrogens is 2. The van der Waals surface area contributed by atoms with Gasteiger partial charge in [-0.1, -0.05) is 54.1 Å². The average Bonchev–Trinajstić information content (AvgIpc) is 2.87. The average molecular weight is 538 g/mol. The zero-order valence-corrected chi connectivity index (χ0v) is 22.5. The van der Waals surface area contributed by atoms with E-state index in [0.717, 1.165) is 11.1 Å². The molecule has 2 N–H and O–H groups in total. The van der Waals surface area contributed by atoms with Crippen LogP contribution in [0.5, 0.6) is 0 Å². The number of hydrogen-bond acceptors (Lipinski definition) is 5. The lowest BCUT2D eigenvalue weighted by Crippen LogP contribution is -2.46. The molecule has 2 aromatic carbocycles. The lowest BCUT2D eigenvalue weighted by molar-refractivity contribution is 0.0504. The van der Waals surface area contributed by atoms with Gasteiger partial charge in [0.2, 0.25) is 0 Å². The maximum absolute atomic E-state index is 13.1. The van der Waals surface area contributed by atoms with Crippen LogP contribution in [0, 0.1) is 0 Å². The first kappa shape index (κ1) is 27.4. The van der Waals surface area contributed by atoms with Gasteiger partial charge in [-0.05, 0) is 70.2 Å². The molecule has 0 atom stereocenters. The number of carboxylic acids is 1. The summed E-state index contributed by atoms with van der Waals surface area (Å²) in [7, 11) is 0. The first-order valence-electron chi connectivity index (χ1n) is 12.6. The molecule has 0 bridgehead atoms. The van der Waals surface area contributed by atoms with E-state index in [4.69, 9.17) is 16.3 Å². The van der Waals surface area contributed by atoms with E-state index in [2.05, 4.69) is 10.4 Å². The predicted octanol–water partition coefficient (Wildman–Crippen LogP) is 5.84. The van der Waals surface area contributed by atoms with Crippen LogP contribution in [0.4, 0.5) is 4.79 Å².